The first-order valence-corrected chi connectivity index (χ1v) is 9.82. The molecule has 2 fully saturated rings. The number of halogens is 2. The van der Waals surface area contributed by atoms with Crippen LogP contribution in [0.1, 0.15) is 16.1 Å². The molecule has 1 N–H and O–H groups in total. The lowest BCUT2D eigenvalue weighted by molar-refractivity contribution is 0.0778. The van der Waals surface area contributed by atoms with Crippen molar-refractivity contribution in [3.8, 4) is 0 Å². The predicted molar refractivity (Wildman–Crippen MR) is 101 cm³/mol. The molecule has 1 aromatic heterocycles. The lowest BCUT2D eigenvalue weighted by Gasteiger charge is -2.32. The summed E-state index contributed by atoms with van der Waals surface area (Å²) in [5.41, 5.74) is 0. The Bertz CT molecular complexity index is 773. The molecule has 2 aliphatic rings. The number of carbonyl (C=O) groups excluding carboxylic acids is 1. The molecule has 3 heterocycles. The van der Waals surface area contributed by atoms with Gasteiger partial charge in [0.05, 0.1) is 5.02 Å². The average molecular weight is 384 g/mol. The van der Waals surface area contributed by atoms with E-state index in [1.807, 2.05) is 23.1 Å². The molecule has 128 valence electrons. The second kappa shape index (κ2) is 6.81. The highest BCUT2D eigenvalue weighted by atomic mass is 35.5. The van der Waals surface area contributed by atoms with Gasteiger partial charge in [0.25, 0.3) is 5.91 Å². The van der Waals surface area contributed by atoms with E-state index in [2.05, 4.69) is 10.2 Å². The van der Waals surface area contributed by atoms with Crippen LogP contribution in [-0.2, 0) is 0 Å². The molecule has 0 spiro atoms. The SMILES string of the molecule is O=C(c1sc2cc(Cl)ccc2c1Cl)N1CCC(N2CCNCC2)C1. The zero-order valence-electron chi connectivity index (χ0n) is 13.2. The first-order chi connectivity index (χ1) is 11.6. The molecule has 2 aliphatic heterocycles. The predicted octanol–water partition coefficient (Wildman–Crippen LogP) is 3.33. The number of nitrogens with zero attached hydrogens (tertiary/aromatic N) is 2. The van der Waals surface area contributed by atoms with Gasteiger partial charge in [-0.3, -0.25) is 9.69 Å². The van der Waals surface area contributed by atoms with E-state index in [-0.39, 0.29) is 5.91 Å². The van der Waals surface area contributed by atoms with Gasteiger partial charge in [-0.2, -0.15) is 0 Å². The smallest absolute Gasteiger partial charge is 0.265 e. The number of hydrogen-bond acceptors (Lipinski definition) is 4. The molecular formula is C17H19Cl2N3OS. The Labute approximate surface area is 155 Å². The number of amides is 1. The zero-order chi connectivity index (χ0) is 16.7. The Balaban J connectivity index is 1.53. The minimum Gasteiger partial charge on any atom is -0.336 e. The lowest BCUT2D eigenvalue weighted by Crippen LogP contribution is -2.49. The number of carbonyl (C=O) groups is 1. The molecule has 2 saturated heterocycles. The van der Waals surface area contributed by atoms with Gasteiger partial charge in [-0.05, 0) is 18.6 Å². The van der Waals surface area contributed by atoms with E-state index in [0.717, 1.165) is 55.8 Å². The lowest BCUT2D eigenvalue weighted by atomic mass is 10.2. The maximum absolute atomic E-state index is 12.9. The quantitative estimate of drug-likeness (QED) is 0.863. The number of thiophene rings is 1. The molecule has 0 aliphatic carbocycles. The van der Waals surface area contributed by atoms with Crippen molar-refractivity contribution in [3.05, 3.63) is 33.1 Å². The second-order valence-electron chi connectivity index (χ2n) is 6.37. The van der Waals surface area contributed by atoms with Gasteiger partial charge in [-0.1, -0.05) is 29.3 Å². The molecule has 24 heavy (non-hydrogen) atoms. The summed E-state index contributed by atoms with van der Waals surface area (Å²) in [6.07, 6.45) is 1.04. The summed E-state index contributed by atoms with van der Waals surface area (Å²) < 4.78 is 0.966. The first-order valence-electron chi connectivity index (χ1n) is 8.25. The third-order valence-corrected chi connectivity index (χ3v) is 6.78. The average Bonchev–Trinajstić information content (AvgIpc) is 3.20. The minimum atomic E-state index is 0.0509. The summed E-state index contributed by atoms with van der Waals surface area (Å²) >= 11 is 14.0. The normalized spacial score (nSPS) is 22.4. The Kier molecular flexibility index (Phi) is 4.71. The minimum absolute atomic E-state index is 0.0509. The Morgan fingerprint density at radius 3 is 2.79 bits per heavy atom. The van der Waals surface area contributed by atoms with E-state index >= 15 is 0 Å². The molecule has 1 unspecified atom stereocenters. The van der Waals surface area contributed by atoms with Crippen molar-refractivity contribution in [1.82, 2.24) is 15.1 Å². The number of hydrogen-bond donors (Lipinski definition) is 1. The third-order valence-electron chi connectivity index (χ3n) is 4.90. The van der Waals surface area contributed by atoms with Gasteiger partial charge in [0.1, 0.15) is 4.88 Å². The van der Waals surface area contributed by atoms with Crippen molar-refractivity contribution >= 4 is 50.5 Å². The van der Waals surface area contributed by atoms with Crippen LogP contribution in [0.4, 0.5) is 0 Å². The molecule has 1 atom stereocenters. The fourth-order valence-corrected chi connectivity index (χ4v) is 5.35. The van der Waals surface area contributed by atoms with Crippen LogP contribution in [0.2, 0.25) is 10.0 Å². The van der Waals surface area contributed by atoms with Crippen molar-refractivity contribution in [1.29, 1.82) is 0 Å². The van der Waals surface area contributed by atoms with Gasteiger partial charge in [0, 0.05) is 60.4 Å². The molecule has 1 aromatic carbocycles. The molecule has 4 nitrogen and oxygen atoms in total. The van der Waals surface area contributed by atoms with Crippen LogP contribution < -0.4 is 5.32 Å². The van der Waals surface area contributed by atoms with Crippen LogP contribution in [0.5, 0.6) is 0 Å². The van der Waals surface area contributed by atoms with Crippen molar-refractivity contribution in [2.45, 2.75) is 12.5 Å². The summed E-state index contributed by atoms with van der Waals surface area (Å²) in [4.78, 5) is 18.0. The molecule has 4 rings (SSSR count). The second-order valence-corrected chi connectivity index (χ2v) is 8.23. The number of benzene rings is 1. The van der Waals surface area contributed by atoms with Crippen LogP contribution in [0.15, 0.2) is 18.2 Å². The Hall–Kier alpha value is -0.850. The highest BCUT2D eigenvalue weighted by molar-refractivity contribution is 7.21. The van der Waals surface area contributed by atoms with Crippen LogP contribution in [0.25, 0.3) is 10.1 Å². The molecule has 2 aromatic rings. The van der Waals surface area contributed by atoms with Gasteiger partial charge >= 0.3 is 0 Å². The molecule has 0 saturated carbocycles. The van der Waals surface area contributed by atoms with E-state index in [1.54, 1.807) is 0 Å². The van der Waals surface area contributed by atoms with Crippen molar-refractivity contribution in [3.63, 3.8) is 0 Å². The zero-order valence-corrected chi connectivity index (χ0v) is 15.6. The van der Waals surface area contributed by atoms with Gasteiger partial charge in [0.15, 0.2) is 0 Å². The maximum atomic E-state index is 12.9. The van der Waals surface area contributed by atoms with Crippen LogP contribution in [0.3, 0.4) is 0 Å². The number of likely N-dealkylation sites (tertiary alicyclic amines) is 1. The topological polar surface area (TPSA) is 35.6 Å². The summed E-state index contributed by atoms with van der Waals surface area (Å²) in [6.45, 7) is 5.80. The van der Waals surface area contributed by atoms with Gasteiger partial charge in [0.2, 0.25) is 0 Å². The van der Waals surface area contributed by atoms with E-state index in [4.69, 9.17) is 23.2 Å². The van der Waals surface area contributed by atoms with Crippen molar-refractivity contribution in [2.24, 2.45) is 0 Å². The van der Waals surface area contributed by atoms with Crippen LogP contribution >= 0.6 is 34.5 Å². The highest BCUT2D eigenvalue weighted by Gasteiger charge is 2.33. The van der Waals surface area contributed by atoms with Gasteiger partial charge < -0.3 is 10.2 Å². The fraction of sp³-hybridized carbons (Fsp3) is 0.471. The Morgan fingerprint density at radius 2 is 2.00 bits per heavy atom. The summed E-state index contributed by atoms with van der Waals surface area (Å²) in [7, 11) is 0. The molecular weight excluding hydrogens is 365 g/mol. The summed E-state index contributed by atoms with van der Waals surface area (Å²) in [5, 5.41) is 5.51. The summed E-state index contributed by atoms with van der Waals surface area (Å²) in [5.74, 6) is 0.0509. The first kappa shape index (κ1) is 16.6. The van der Waals surface area contributed by atoms with Crippen molar-refractivity contribution < 1.29 is 4.79 Å². The van der Waals surface area contributed by atoms with E-state index in [0.29, 0.717) is 21.0 Å². The highest BCUT2D eigenvalue weighted by Crippen LogP contribution is 2.37. The van der Waals surface area contributed by atoms with Crippen LogP contribution in [0, 0.1) is 0 Å². The number of fused-ring (bicyclic) bond motifs is 1. The monoisotopic (exact) mass is 383 g/mol. The molecule has 7 heteroatoms. The molecule has 0 radical (unpaired) electrons. The standard InChI is InChI=1S/C17H19Cl2N3OS/c18-11-1-2-13-14(9-11)24-16(15(13)19)17(23)22-6-3-12(10-22)21-7-4-20-5-8-21/h1-2,9,12,20H,3-8,10H2. The van der Waals surface area contributed by atoms with Crippen LogP contribution in [-0.4, -0.2) is 61.0 Å². The van der Waals surface area contributed by atoms with E-state index < -0.39 is 0 Å². The third kappa shape index (κ3) is 3.04. The van der Waals surface area contributed by atoms with Crippen molar-refractivity contribution in [2.75, 3.05) is 39.3 Å². The van der Waals surface area contributed by atoms with Gasteiger partial charge in [-0.15, -0.1) is 11.3 Å². The number of rotatable bonds is 2. The summed E-state index contributed by atoms with van der Waals surface area (Å²) in [6, 6.07) is 6.05. The number of nitrogens with one attached hydrogen (secondary N) is 1. The fourth-order valence-electron chi connectivity index (χ4n) is 3.59. The maximum Gasteiger partial charge on any atom is 0.265 e. The largest absolute Gasteiger partial charge is 0.336 e. The van der Waals surface area contributed by atoms with E-state index in [9.17, 15) is 4.79 Å². The molecule has 1 amide bonds. The van der Waals surface area contributed by atoms with Gasteiger partial charge in [-0.25, -0.2) is 0 Å². The molecule has 0 bridgehead atoms. The number of piperazine rings is 1. The Morgan fingerprint density at radius 1 is 1.21 bits per heavy atom. The van der Waals surface area contributed by atoms with E-state index in [1.165, 1.54) is 11.3 Å².